The van der Waals surface area contributed by atoms with Crippen molar-refractivity contribution >= 4 is 30.3 Å². The second-order valence-corrected chi connectivity index (χ2v) is 7.14. The Kier molecular flexibility index (Phi) is 3.99. The van der Waals surface area contributed by atoms with E-state index in [-0.39, 0.29) is 29.8 Å². The minimum absolute atomic E-state index is 0.0682. The topological polar surface area (TPSA) is 118 Å². The van der Waals surface area contributed by atoms with Gasteiger partial charge in [0.15, 0.2) is 5.45 Å². The van der Waals surface area contributed by atoms with Crippen LogP contribution in [0.25, 0.3) is 0 Å². The Labute approximate surface area is 138 Å². The van der Waals surface area contributed by atoms with E-state index in [4.69, 9.17) is 14.5 Å². The summed E-state index contributed by atoms with van der Waals surface area (Å²) in [5, 5.41) is 12.2. The van der Waals surface area contributed by atoms with Gasteiger partial charge in [-0.1, -0.05) is 24.3 Å². The lowest BCUT2D eigenvalue weighted by Gasteiger charge is -2.21. The number of carbonyl (C=O) groups excluding carboxylic acids is 2. The van der Waals surface area contributed by atoms with Crippen LogP contribution in [0.1, 0.15) is 34.6 Å². The van der Waals surface area contributed by atoms with Crippen LogP contribution in [0, 0.1) is 5.41 Å². The number of hydrogen-bond donors (Lipinski definition) is 2. The van der Waals surface area contributed by atoms with Crippen LogP contribution < -0.4 is 5.43 Å². The fourth-order valence-corrected chi connectivity index (χ4v) is 4.44. The first kappa shape index (κ1) is 16.7. The quantitative estimate of drug-likeness (QED) is 0.620. The highest BCUT2D eigenvalue weighted by molar-refractivity contribution is 7.75. The average molecular weight is 349 g/mol. The second-order valence-electron chi connectivity index (χ2n) is 5.21. The number of rotatable bonds is 5. The van der Waals surface area contributed by atoms with Gasteiger partial charge in [-0.2, -0.15) is 5.10 Å². The molecule has 0 saturated heterocycles. The summed E-state index contributed by atoms with van der Waals surface area (Å²) in [4.78, 5) is 25.5. The maximum Gasteiger partial charge on any atom is 0.383 e. The lowest BCUT2D eigenvalue weighted by Crippen LogP contribution is -2.56. The molecular weight excluding hydrogens is 333 g/mol. The zero-order valence-corrected chi connectivity index (χ0v) is 14.1. The summed E-state index contributed by atoms with van der Waals surface area (Å²) < 4.78 is 23.2. The van der Waals surface area contributed by atoms with Crippen molar-refractivity contribution in [3.63, 3.8) is 0 Å². The number of Topliss-reactive ketones (excluding diaryl/α,β-unsaturated/α-hetero) is 2. The Hall–Kier alpha value is -2.15. The first-order valence-electron chi connectivity index (χ1n) is 7.45. The Morgan fingerprint density at radius 2 is 1.62 bits per heavy atom. The number of fused-ring (bicyclic) bond motifs is 1. The van der Waals surface area contributed by atoms with Crippen LogP contribution in [0.2, 0.25) is 0 Å². The number of hydrazone groups is 1. The Balaban J connectivity index is 2.04. The molecule has 0 saturated carbocycles. The van der Waals surface area contributed by atoms with E-state index in [2.05, 4.69) is 10.5 Å². The largest absolute Gasteiger partial charge is 0.383 e. The Bertz CT molecular complexity index is 787. The van der Waals surface area contributed by atoms with Gasteiger partial charge in [0.1, 0.15) is 5.71 Å². The summed E-state index contributed by atoms with van der Waals surface area (Å²) in [6, 6.07) is 6.30. The molecule has 2 N–H and O–H groups in total. The first-order valence-corrected chi connectivity index (χ1v) is 8.99. The molecule has 0 amide bonds. The van der Waals surface area contributed by atoms with Gasteiger partial charge >= 0.3 is 7.60 Å². The first-order chi connectivity index (χ1) is 11.4. The summed E-state index contributed by atoms with van der Waals surface area (Å²) in [7, 11) is -3.89. The Morgan fingerprint density at radius 1 is 1.12 bits per heavy atom. The highest BCUT2D eigenvalue weighted by Gasteiger charge is 2.62. The molecule has 8 nitrogen and oxygen atoms in total. The van der Waals surface area contributed by atoms with Crippen molar-refractivity contribution in [2.24, 2.45) is 5.10 Å². The molecule has 126 valence electrons. The molecule has 24 heavy (non-hydrogen) atoms. The predicted molar refractivity (Wildman–Crippen MR) is 87.0 cm³/mol. The van der Waals surface area contributed by atoms with E-state index in [0.29, 0.717) is 0 Å². The summed E-state index contributed by atoms with van der Waals surface area (Å²) >= 11 is 0. The van der Waals surface area contributed by atoms with E-state index in [1.807, 2.05) is 0 Å². The predicted octanol–water partition coefficient (Wildman–Crippen LogP) is 2.01. The summed E-state index contributed by atoms with van der Waals surface area (Å²) in [6.07, 6.45) is 0. The summed E-state index contributed by atoms with van der Waals surface area (Å²) in [5.41, 5.74) is 0.0444. The molecule has 0 radical (unpaired) electrons. The van der Waals surface area contributed by atoms with Crippen molar-refractivity contribution in [2.45, 2.75) is 19.4 Å². The molecule has 1 aliphatic heterocycles. The van der Waals surface area contributed by atoms with E-state index < -0.39 is 30.4 Å². The molecule has 0 unspecified atom stereocenters. The molecular formula is C15H16N3O5P. The van der Waals surface area contributed by atoms with Gasteiger partial charge in [-0.15, -0.1) is 0 Å². The van der Waals surface area contributed by atoms with E-state index in [1.54, 1.807) is 26.0 Å². The average Bonchev–Trinajstić information content (AvgIpc) is 3.02. The molecule has 3 rings (SSSR count). The van der Waals surface area contributed by atoms with Crippen LogP contribution in [0.3, 0.4) is 0 Å². The number of benzene rings is 1. The molecule has 0 bridgehead atoms. The maximum atomic E-state index is 12.9. The number of nitrogens with zero attached hydrogens (tertiary/aromatic N) is 1. The molecule has 0 atom stereocenters. The van der Waals surface area contributed by atoms with Crippen LogP contribution in [0.4, 0.5) is 0 Å². The third kappa shape index (κ3) is 2.04. The fourth-order valence-electron chi connectivity index (χ4n) is 2.83. The minimum atomic E-state index is -3.89. The van der Waals surface area contributed by atoms with Crippen LogP contribution in [-0.2, 0) is 13.6 Å². The number of ketones is 2. The van der Waals surface area contributed by atoms with Crippen molar-refractivity contribution in [3.05, 3.63) is 35.4 Å². The van der Waals surface area contributed by atoms with Crippen LogP contribution in [0.5, 0.6) is 0 Å². The molecule has 1 aromatic carbocycles. The van der Waals surface area contributed by atoms with Crippen LogP contribution in [0.15, 0.2) is 29.4 Å². The van der Waals surface area contributed by atoms with Gasteiger partial charge in [0, 0.05) is 11.1 Å². The zero-order chi connectivity index (χ0) is 17.5. The number of hydrogen-bond acceptors (Lipinski definition) is 8. The van der Waals surface area contributed by atoms with Gasteiger partial charge in [-0.3, -0.25) is 25.0 Å². The van der Waals surface area contributed by atoms with Gasteiger partial charge in [0.2, 0.25) is 17.1 Å². The van der Waals surface area contributed by atoms with Crippen molar-refractivity contribution in [1.82, 2.24) is 5.43 Å². The third-order valence-corrected chi connectivity index (χ3v) is 5.92. The Morgan fingerprint density at radius 3 is 2.08 bits per heavy atom. The fraction of sp³-hybridized carbons (Fsp3) is 0.333. The number of carbonyl (C=O) groups is 2. The van der Waals surface area contributed by atoms with E-state index in [1.165, 1.54) is 12.1 Å². The van der Waals surface area contributed by atoms with Gasteiger partial charge in [0.05, 0.1) is 13.2 Å². The van der Waals surface area contributed by atoms with Crippen LogP contribution >= 0.6 is 7.60 Å². The third-order valence-electron chi connectivity index (χ3n) is 3.88. The molecule has 0 fully saturated rings. The van der Waals surface area contributed by atoms with Gasteiger partial charge < -0.3 is 9.05 Å². The van der Waals surface area contributed by atoms with Crippen molar-refractivity contribution < 1.29 is 23.2 Å². The normalized spacial score (nSPS) is 18.8. The minimum Gasteiger partial charge on any atom is -0.304 e. The standard InChI is InChI=1S/C15H16N3O5P/c1-3-22-24(21,23-4-2)14-11(16)15(18-17-14)12(19)9-7-5-6-8-10(9)13(15)20/h5-8,16,18H,3-4H2,1-2H3. The SMILES string of the molecule is CCOP(=O)(OCC)C1=NNC2(C1=N)C(=O)c1ccccc1C2=O. The van der Waals surface area contributed by atoms with Gasteiger partial charge in [-0.25, -0.2) is 0 Å². The second kappa shape index (κ2) is 5.73. The molecule has 1 aliphatic carbocycles. The molecule has 1 aromatic rings. The molecule has 9 heteroatoms. The summed E-state index contributed by atoms with van der Waals surface area (Å²) in [5.74, 6) is -1.18. The molecule has 0 aromatic heterocycles. The zero-order valence-electron chi connectivity index (χ0n) is 13.2. The number of nitrogens with one attached hydrogen (secondary N) is 2. The van der Waals surface area contributed by atoms with Crippen LogP contribution in [-0.4, -0.2) is 41.5 Å². The highest BCUT2D eigenvalue weighted by Crippen LogP contribution is 2.53. The lowest BCUT2D eigenvalue weighted by atomic mass is 9.89. The van der Waals surface area contributed by atoms with Crippen molar-refractivity contribution in [3.8, 4) is 0 Å². The smallest absolute Gasteiger partial charge is 0.304 e. The summed E-state index contributed by atoms with van der Waals surface area (Å²) in [6.45, 7) is 3.38. The monoisotopic (exact) mass is 349 g/mol. The van der Waals surface area contributed by atoms with E-state index in [9.17, 15) is 14.2 Å². The van der Waals surface area contributed by atoms with Crippen molar-refractivity contribution in [2.75, 3.05) is 13.2 Å². The maximum absolute atomic E-state index is 12.9. The highest BCUT2D eigenvalue weighted by atomic mass is 31.2. The van der Waals surface area contributed by atoms with Gasteiger partial charge in [0.25, 0.3) is 0 Å². The molecule has 2 aliphatic rings. The molecule has 1 spiro atoms. The lowest BCUT2D eigenvalue weighted by molar-refractivity contribution is 0.0830. The van der Waals surface area contributed by atoms with Crippen molar-refractivity contribution in [1.29, 1.82) is 5.41 Å². The molecule has 1 heterocycles. The van der Waals surface area contributed by atoms with E-state index in [0.717, 1.165) is 0 Å². The van der Waals surface area contributed by atoms with E-state index >= 15 is 0 Å². The van der Waals surface area contributed by atoms with Gasteiger partial charge in [-0.05, 0) is 13.8 Å².